The van der Waals surface area contributed by atoms with Gasteiger partial charge in [-0.1, -0.05) is 19.3 Å². The summed E-state index contributed by atoms with van der Waals surface area (Å²) in [5.41, 5.74) is 2.35. The van der Waals surface area contributed by atoms with Crippen molar-refractivity contribution in [3.05, 3.63) is 42.5 Å². The molecule has 1 aromatic carbocycles. The number of nitrogens with two attached hydrogens (primary N) is 1. The molecule has 0 aromatic heterocycles. The topological polar surface area (TPSA) is 200 Å². The van der Waals surface area contributed by atoms with Crippen molar-refractivity contribution in [3.63, 3.8) is 0 Å². The van der Waals surface area contributed by atoms with Crippen LogP contribution < -0.4 is 5.73 Å². The van der Waals surface area contributed by atoms with Crippen molar-refractivity contribution in [1.29, 1.82) is 5.41 Å². The van der Waals surface area contributed by atoms with E-state index in [1.807, 2.05) is 0 Å². The average Bonchev–Trinajstić information content (AvgIpc) is 2.55. The number of phenolic OH excluding ortho intramolecular Hbond substituents is 1. The number of non-ortho nitro benzene ring substituents is 1. The number of hydrogen-bond acceptors (Lipinski definition) is 8. The van der Waals surface area contributed by atoms with Gasteiger partial charge in [0.15, 0.2) is 0 Å². The second-order valence-electron chi connectivity index (χ2n) is 5.39. The zero-order valence-electron chi connectivity index (χ0n) is 13.1. The van der Waals surface area contributed by atoms with E-state index in [0.29, 0.717) is 23.9 Å². The fraction of sp³-hybridized carbons (Fsp3) is 0.462. The Kier molecular flexibility index (Phi) is 6.72. The predicted molar refractivity (Wildman–Crippen MR) is 86.6 cm³/mol. The molecule has 0 spiro atoms. The van der Waals surface area contributed by atoms with Crippen molar-refractivity contribution in [3.8, 4) is 5.75 Å². The summed E-state index contributed by atoms with van der Waals surface area (Å²) in [4.78, 5) is 27.8. The summed E-state index contributed by atoms with van der Waals surface area (Å²) in [6.07, 6.45) is 6.17. The largest absolute Gasteiger partial charge is 0.497 e. The normalized spacial score (nSPS) is 14.1. The first-order valence-corrected chi connectivity index (χ1v) is 7.29. The SMILES string of the molecule is N=C(N)C1CCCCC1.O=[N+]([O-])c1cc([N+](=O)[O-])c(O)c([N+](=O)[O-])c1. The highest BCUT2D eigenvalue weighted by molar-refractivity contribution is 5.79. The van der Waals surface area contributed by atoms with Gasteiger partial charge >= 0.3 is 11.4 Å². The maximum atomic E-state index is 10.4. The van der Waals surface area contributed by atoms with Crippen molar-refractivity contribution < 1.29 is 19.9 Å². The van der Waals surface area contributed by atoms with E-state index in [0.717, 1.165) is 12.8 Å². The Bertz CT molecular complexity index is 665. The molecule has 1 fully saturated rings. The van der Waals surface area contributed by atoms with E-state index in [1.54, 1.807) is 0 Å². The standard InChI is InChI=1S/C7H14N2.C6H3N3O7/c8-7(9)6-4-2-1-3-5-6;10-6-4(8(13)14)1-3(7(11)12)2-5(6)9(15)16/h6H,1-5H2,(H3,8,9);1-2,10H. The molecule has 4 N–H and O–H groups in total. The third-order valence-corrected chi connectivity index (χ3v) is 3.70. The summed E-state index contributed by atoms with van der Waals surface area (Å²) in [5, 5.41) is 47.4. The van der Waals surface area contributed by atoms with Gasteiger partial charge in [-0.2, -0.15) is 0 Å². The first kappa shape index (κ1) is 19.7. The molecular weight excluding hydrogens is 338 g/mol. The van der Waals surface area contributed by atoms with Crippen LogP contribution >= 0.6 is 0 Å². The highest BCUT2D eigenvalue weighted by Gasteiger charge is 2.30. The number of nitro groups is 3. The number of nitro benzene ring substituents is 3. The Morgan fingerprint density at radius 2 is 1.44 bits per heavy atom. The first-order chi connectivity index (χ1) is 11.6. The zero-order valence-corrected chi connectivity index (χ0v) is 13.1. The highest BCUT2D eigenvalue weighted by Crippen LogP contribution is 2.38. The van der Waals surface area contributed by atoms with Gasteiger partial charge < -0.3 is 10.8 Å². The second kappa shape index (κ2) is 8.52. The minimum Gasteiger partial charge on any atom is -0.497 e. The molecule has 0 atom stereocenters. The lowest BCUT2D eigenvalue weighted by Crippen LogP contribution is -2.24. The number of aromatic hydroxyl groups is 1. The van der Waals surface area contributed by atoms with Gasteiger partial charge in [0.1, 0.15) is 0 Å². The van der Waals surface area contributed by atoms with Crippen molar-refractivity contribution in [2.45, 2.75) is 32.1 Å². The Labute approximate surface area is 141 Å². The fourth-order valence-corrected chi connectivity index (χ4v) is 2.39. The van der Waals surface area contributed by atoms with Crippen LogP contribution in [0, 0.1) is 41.7 Å². The smallest absolute Gasteiger partial charge is 0.324 e. The number of rotatable bonds is 4. The van der Waals surface area contributed by atoms with Crippen LogP contribution in [0.1, 0.15) is 32.1 Å². The molecule has 136 valence electrons. The zero-order chi connectivity index (χ0) is 19.1. The highest BCUT2D eigenvalue weighted by atomic mass is 16.6. The van der Waals surface area contributed by atoms with Crippen LogP contribution in [0.2, 0.25) is 0 Å². The van der Waals surface area contributed by atoms with Gasteiger partial charge in [-0.15, -0.1) is 0 Å². The summed E-state index contributed by atoms with van der Waals surface area (Å²) in [5.74, 6) is -0.394. The molecule has 12 nitrogen and oxygen atoms in total. The Balaban J connectivity index is 0.000000293. The van der Waals surface area contributed by atoms with Crippen molar-refractivity contribution in [1.82, 2.24) is 0 Å². The van der Waals surface area contributed by atoms with Gasteiger partial charge in [0.05, 0.1) is 32.7 Å². The lowest BCUT2D eigenvalue weighted by molar-refractivity contribution is -0.404. The van der Waals surface area contributed by atoms with Crippen LogP contribution in [0.15, 0.2) is 12.1 Å². The third-order valence-electron chi connectivity index (χ3n) is 3.70. The first-order valence-electron chi connectivity index (χ1n) is 7.29. The molecule has 2 rings (SSSR count). The van der Waals surface area contributed by atoms with Gasteiger partial charge in [0, 0.05) is 5.92 Å². The molecule has 1 aliphatic rings. The molecule has 0 heterocycles. The van der Waals surface area contributed by atoms with Gasteiger partial charge in [0.25, 0.3) is 11.4 Å². The molecule has 0 aliphatic heterocycles. The molecule has 1 aliphatic carbocycles. The van der Waals surface area contributed by atoms with E-state index in [9.17, 15) is 30.3 Å². The van der Waals surface area contributed by atoms with Crippen LogP contribution in [-0.4, -0.2) is 25.7 Å². The number of amidine groups is 1. The molecule has 25 heavy (non-hydrogen) atoms. The molecule has 0 unspecified atom stereocenters. The van der Waals surface area contributed by atoms with Crippen LogP contribution in [-0.2, 0) is 0 Å². The van der Waals surface area contributed by atoms with Gasteiger partial charge in [-0.3, -0.25) is 35.8 Å². The number of nitrogens with zero attached hydrogens (tertiary/aromatic N) is 3. The number of hydrogen-bond donors (Lipinski definition) is 3. The van der Waals surface area contributed by atoms with E-state index < -0.39 is 37.6 Å². The van der Waals surface area contributed by atoms with E-state index >= 15 is 0 Å². The monoisotopic (exact) mass is 355 g/mol. The quantitative estimate of drug-likeness (QED) is 0.316. The molecule has 0 saturated heterocycles. The van der Waals surface area contributed by atoms with Crippen LogP contribution in [0.25, 0.3) is 0 Å². The molecule has 12 heteroatoms. The van der Waals surface area contributed by atoms with E-state index in [-0.39, 0.29) is 0 Å². The molecule has 1 saturated carbocycles. The summed E-state index contributed by atoms with van der Waals surface area (Å²) in [6, 6.07) is 0.894. The maximum absolute atomic E-state index is 10.4. The summed E-state index contributed by atoms with van der Waals surface area (Å²) in [6.45, 7) is 0. The minimum atomic E-state index is -1.21. The summed E-state index contributed by atoms with van der Waals surface area (Å²) >= 11 is 0. The van der Waals surface area contributed by atoms with Gasteiger partial charge in [-0.25, -0.2) is 0 Å². The van der Waals surface area contributed by atoms with E-state index in [2.05, 4.69) is 0 Å². The molecule has 1 aromatic rings. The molecule has 0 bridgehead atoms. The van der Waals surface area contributed by atoms with Gasteiger partial charge in [0.2, 0.25) is 0 Å². The molecule has 0 amide bonds. The average molecular weight is 355 g/mol. The van der Waals surface area contributed by atoms with Crippen LogP contribution in [0.5, 0.6) is 5.75 Å². The number of phenols is 1. The Hall–Kier alpha value is -3.31. The summed E-state index contributed by atoms with van der Waals surface area (Å²) < 4.78 is 0. The lowest BCUT2D eigenvalue weighted by Gasteiger charge is -2.19. The second-order valence-corrected chi connectivity index (χ2v) is 5.39. The predicted octanol–water partition coefficient (Wildman–Crippen LogP) is 2.62. The molecule has 0 radical (unpaired) electrons. The van der Waals surface area contributed by atoms with Crippen molar-refractivity contribution in [2.75, 3.05) is 0 Å². The fourth-order valence-electron chi connectivity index (χ4n) is 2.39. The lowest BCUT2D eigenvalue weighted by atomic mass is 9.89. The van der Waals surface area contributed by atoms with E-state index in [4.69, 9.17) is 16.2 Å². The minimum absolute atomic E-state index is 0.398. The Morgan fingerprint density at radius 1 is 1.00 bits per heavy atom. The Morgan fingerprint density at radius 3 is 1.72 bits per heavy atom. The van der Waals surface area contributed by atoms with Crippen LogP contribution in [0.3, 0.4) is 0 Å². The molecular formula is C13H17N5O7. The number of benzene rings is 1. The third kappa shape index (κ3) is 5.37. The van der Waals surface area contributed by atoms with Gasteiger partial charge in [-0.05, 0) is 12.8 Å². The van der Waals surface area contributed by atoms with Crippen molar-refractivity contribution >= 4 is 22.9 Å². The summed E-state index contributed by atoms with van der Waals surface area (Å²) in [7, 11) is 0. The number of nitrogens with one attached hydrogen (secondary N) is 1. The van der Waals surface area contributed by atoms with Crippen molar-refractivity contribution in [2.24, 2.45) is 11.7 Å². The van der Waals surface area contributed by atoms with Crippen LogP contribution in [0.4, 0.5) is 17.1 Å². The van der Waals surface area contributed by atoms with E-state index in [1.165, 1.54) is 19.3 Å². The maximum Gasteiger partial charge on any atom is 0.324 e.